The van der Waals surface area contributed by atoms with E-state index in [0.717, 1.165) is 21.0 Å². The highest BCUT2D eigenvalue weighted by molar-refractivity contribution is 7.22. The van der Waals surface area contributed by atoms with Crippen molar-refractivity contribution in [1.82, 2.24) is 20.0 Å². The minimum Gasteiger partial charge on any atom is -0.403 e. The Hall–Kier alpha value is -3.47. The summed E-state index contributed by atoms with van der Waals surface area (Å²) in [6.45, 7) is 1.53. The van der Waals surface area contributed by atoms with Crippen LogP contribution in [0.15, 0.2) is 48.5 Å². The Balaban J connectivity index is 1.63. The van der Waals surface area contributed by atoms with Gasteiger partial charge in [-0.05, 0) is 31.2 Å². The Labute approximate surface area is 165 Å². The quantitative estimate of drug-likeness (QED) is 0.532. The molecule has 2 aromatic carbocycles. The number of carbonyl (C=O) groups is 1. The number of nitrogens with zero attached hydrogens (tertiary/aromatic N) is 4. The van der Waals surface area contributed by atoms with E-state index in [1.807, 2.05) is 24.3 Å². The first kappa shape index (κ1) is 18.9. The molecule has 0 saturated carbocycles. The molecule has 148 valence electrons. The molecular formula is C18H12F3N5O2S. The molecule has 2 aromatic heterocycles. The lowest BCUT2D eigenvalue weighted by molar-refractivity contribution is -0.274. The molecule has 0 radical (unpaired) electrons. The third-order valence-electron chi connectivity index (χ3n) is 3.94. The number of para-hydroxylation sites is 3. The zero-order valence-electron chi connectivity index (χ0n) is 14.8. The molecule has 1 amide bonds. The van der Waals surface area contributed by atoms with Crippen molar-refractivity contribution in [3.05, 3.63) is 59.9 Å². The van der Waals surface area contributed by atoms with Gasteiger partial charge in [0.05, 0.1) is 15.9 Å². The molecule has 0 aliphatic carbocycles. The highest BCUT2D eigenvalue weighted by Gasteiger charge is 2.32. The summed E-state index contributed by atoms with van der Waals surface area (Å²) in [5.74, 6) is -1.02. The molecule has 0 atom stereocenters. The summed E-state index contributed by atoms with van der Waals surface area (Å²) in [4.78, 5) is 16.9. The Morgan fingerprint density at radius 3 is 2.62 bits per heavy atom. The zero-order valence-corrected chi connectivity index (χ0v) is 15.6. The van der Waals surface area contributed by atoms with Crippen LogP contribution >= 0.6 is 11.3 Å². The van der Waals surface area contributed by atoms with Crippen molar-refractivity contribution in [2.45, 2.75) is 13.3 Å². The Morgan fingerprint density at radius 1 is 1.14 bits per heavy atom. The summed E-state index contributed by atoms with van der Waals surface area (Å²) in [6, 6.07) is 12.9. The first-order valence-electron chi connectivity index (χ1n) is 8.26. The highest BCUT2D eigenvalue weighted by Crippen LogP contribution is 2.30. The summed E-state index contributed by atoms with van der Waals surface area (Å²) in [7, 11) is 0. The van der Waals surface area contributed by atoms with Crippen LogP contribution in [0.1, 0.15) is 16.2 Å². The molecule has 11 heteroatoms. The van der Waals surface area contributed by atoms with Crippen LogP contribution in [0.3, 0.4) is 0 Å². The predicted octanol–water partition coefficient (Wildman–Crippen LogP) is 4.34. The van der Waals surface area contributed by atoms with Crippen LogP contribution < -0.4 is 10.1 Å². The minimum absolute atomic E-state index is 0.00821. The summed E-state index contributed by atoms with van der Waals surface area (Å²) in [6.07, 6.45) is -4.86. The van der Waals surface area contributed by atoms with Crippen molar-refractivity contribution in [3.63, 3.8) is 0 Å². The molecule has 0 bridgehead atoms. The van der Waals surface area contributed by atoms with Gasteiger partial charge < -0.3 is 4.74 Å². The molecule has 29 heavy (non-hydrogen) atoms. The number of aromatic nitrogens is 4. The maximum atomic E-state index is 12.7. The third kappa shape index (κ3) is 3.90. The van der Waals surface area contributed by atoms with Gasteiger partial charge in [-0.25, -0.2) is 9.67 Å². The van der Waals surface area contributed by atoms with Gasteiger partial charge in [-0.15, -0.1) is 18.3 Å². The fraction of sp³-hybridized carbons (Fsp3) is 0.111. The highest BCUT2D eigenvalue weighted by atomic mass is 32.1. The fourth-order valence-electron chi connectivity index (χ4n) is 2.69. The first-order valence-corrected chi connectivity index (χ1v) is 9.08. The second kappa shape index (κ2) is 7.17. The molecule has 0 aliphatic heterocycles. The third-order valence-corrected chi connectivity index (χ3v) is 4.89. The number of amides is 1. The van der Waals surface area contributed by atoms with E-state index in [0.29, 0.717) is 5.13 Å². The fourth-order valence-corrected chi connectivity index (χ4v) is 3.55. The van der Waals surface area contributed by atoms with Crippen LogP contribution in [0.25, 0.3) is 15.9 Å². The smallest absolute Gasteiger partial charge is 0.403 e. The van der Waals surface area contributed by atoms with Crippen molar-refractivity contribution in [1.29, 1.82) is 0 Å². The first-order chi connectivity index (χ1) is 13.8. The van der Waals surface area contributed by atoms with Crippen LogP contribution in [-0.2, 0) is 0 Å². The van der Waals surface area contributed by atoms with E-state index >= 15 is 0 Å². The lowest BCUT2D eigenvalue weighted by Gasteiger charge is -2.13. The molecule has 4 rings (SSSR count). The predicted molar refractivity (Wildman–Crippen MR) is 100 cm³/mol. The zero-order chi connectivity index (χ0) is 20.6. The second-order valence-electron chi connectivity index (χ2n) is 5.89. The number of hydrogen-bond acceptors (Lipinski definition) is 6. The van der Waals surface area contributed by atoms with Crippen molar-refractivity contribution >= 4 is 32.6 Å². The van der Waals surface area contributed by atoms with Crippen molar-refractivity contribution in [2.75, 3.05) is 5.32 Å². The van der Waals surface area contributed by atoms with Crippen molar-refractivity contribution < 1.29 is 22.7 Å². The van der Waals surface area contributed by atoms with Gasteiger partial charge in [-0.3, -0.25) is 10.1 Å². The lowest BCUT2D eigenvalue weighted by Crippen LogP contribution is -2.19. The van der Waals surface area contributed by atoms with Crippen LogP contribution in [-0.4, -0.2) is 32.2 Å². The average Bonchev–Trinajstić information content (AvgIpc) is 3.23. The average molecular weight is 419 g/mol. The minimum atomic E-state index is -4.86. The van der Waals surface area contributed by atoms with Crippen molar-refractivity contribution in [3.8, 4) is 11.4 Å². The van der Waals surface area contributed by atoms with Gasteiger partial charge in [0.25, 0.3) is 5.91 Å². The van der Waals surface area contributed by atoms with E-state index in [1.54, 1.807) is 0 Å². The molecule has 4 aromatic rings. The maximum Gasteiger partial charge on any atom is 0.573 e. The second-order valence-corrected chi connectivity index (χ2v) is 6.92. The Bertz CT molecular complexity index is 1170. The number of nitrogens with one attached hydrogen (secondary N) is 1. The van der Waals surface area contributed by atoms with E-state index in [9.17, 15) is 18.0 Å². The SMILES string of the molecule is Cc1c(C(=O)Nc2nc3ccccc3s2)nnn1-c1ccccc1OC(F)(F)F. The van der Waals surface area contributed by atoms with Gasteiger partial charge in [-0.1, -0.05) is 40.8 Å². The summed E-state index contributed by atoms with van der Waals surface area (Å²) < 4.78 is 44.1. The van der Waals surface area contributed by atoms with Gasteiger partial charge >= 0.3 is 6.36 Å². The number of thiazole rings is 1. The molecule has 7 nitrogen and oxygen atoms in total. The molecule has 0 unspecified atom stereocenters. The topological polar surface area (TPSA) is 81.9 Å². The number of ether oxygens (including phenoxy) is 1. The van der Waals surface area contributed by atoms with E-state index in [4.69, 9.17) is 0 Å². The van der Waals surface area contributed by atoms with Crippen molar-refractivity contribution in [2.24, 2.45) is 0 Å². The number of fused-ring (bicyclic) bond motifs is 1. The molecule has 0 fully saturated rings. The van der Waals surface area contributed by atoms with E-state index in [2.05, 4.69) is 25.3 Å². The molecule has 1 N–H and O–H groups in total. The van der Waals surface area contributed by atoms with E-state index < -0.39 is 18.0 Å². The van der Waals surface area contributed by atoms with Crippen LogP contribution in [0, 0.1) is 6.92 Å². The molecule has 2 heterocycles. The number of halogens is 3. The molecule has 0 aliphatic rings. The molecule has 0 saturated heterocycles. The van der Waals surface area contributed by atoms with Gasteiger partial charge in [0.1, 0.15) is 5.69 Å². The Kier molecular flexibility index (Phi) is 4.66. The summed E-state index contributed by atoms with van der Waals surface area (Å²) in [5.41, 5.74) is 0.966. The number of rotatable bonds is 4. The normalized spacial score (nSPS) is 11.6. The molecule has 0 spiro atoms. The van der Waals surface area contributed by atoms with Gasteiger partial charge in [0.15, 0.2) is 16.6 Å². The Morgan fingerprint density at radius 2 is 1.86 bits per heavy atom. The maximum absolute atomic E-state index is 12.7. The van der Waals surface area contributed by atoms with Crippen LogP contribution in [0.5, 0.6) is 5.75 Å². The standard InChI is InChI=1S/C18H12F3N5O2S/c1-10-15(16(27)23-17-22-11-6-2-5-9-14(11)29-17)24-25-26(10)12-7-3-4-8-13(12)28-18(19,20)21/h2-9H,1H3,(H,22,23,27). The lowest BCUT2D eigenvalue weighted by atomic mass is 10.2. The largest absolute Gasteiger partial charge is 0.573 e. The number of benzene rings is 2. The van der Waals surface area contributed by atoms with Gasteiger partial charge in [-0.2, -0.15) is 0 Å². The van der Waals surface area contributed by atoms with Crippen LogP contribution in [0.4, 0.5) is 18.3 Å². The molecular weight excluding hydrogens is 407 g/mol. The number of alkyl halides is 3. The van der Waals surface area contributed by atoms with E-state index in [1.165, 1.54) is 36.5 Å². The number of carbonyl (C=O) groups excluding carboxylic acids is 1. The number of hydrogen-bond donors (Lipinski definition) is 1. The summed E-state index contributed by atoms with van der Waals surface area (Å²) in [5, 5.41) is 10.7. The van der Waals surface area contributed by atoms with Crippen LogP contribution in [0.2, 0.25) is 0 Å². The van der Waals surface area contributed by atoms with E-state index in [-0.39, 0.29) is 17.1 Å². The number of anilines is 1. The monoisotopic (exact) mass is 419 g/mol. The summed E-state index contributed by atoms with van der Waals surface area (Å²) >= 11 is 1.30. The van der Waals surface area contributed by atoms with Gasteiger partial charge in [0.2, 0.25) is 0 Å². The van der Waals surface area contributed by atoms with Gasteiger partial charge in [0, 0.05) is 0 Å².